The van der Waals surface area contributed by atoms with Gasteiger partial charge >= 0.3 is 5.97 Å². The second kappa shape index (κ2) is 10.5. The summed E-state index contributed by atoms with van der Waals surface area (Å²) in [5.74, 6) is 0.606. The number of nitrogens with one attached hydrogen (secondary N) is 1. The molecule has 1 fully saturated rings. The smallest absolute Gasteiger partial charge is 0.338 e. The lowest BCUT2D eigenvalue weighted by atomic mass is 9.75. The minimum Gasteiger partial charge on any atom is -0.496 e. The third kappa shape index (κ3) is 5.87. The molecule has 0 heterocycles. The van der Waals surface area contributed by atoms with Crippen molar-refractivity contribution in [3.63, 3.8) is 0 Å². The zero-order valence-corrected chi connectivity index (χ0v) is 18.5. The first-order valence-electron chi connectivity index (χ1n) is 11.0. The summed E-state index contributed by atoms with van der Waals surface area (Å²) in [4.78, 5) is 11.1. The van der Waals surface area contributed by atoms with Crippen LogP contribution in [0.4, 0.5) is 10.1 Å². The average Bonchev–Trinajstić information content (AvgIpc) is 2.77. The summed E-state index contributed by atoms with van der Waals surface area (Å²) in [5, 5.41) is 12.3. The highest BCUT2D eigenvalue weighted by Gasteiger charge is 2.24. The molecule has 0 aliphatic heterocycles. The van der Waals surface area contributed by atoms with E-state index in [1.54, 1.807) is 0 Å². The number of hydrogen-bond donors (Lipinski definition) is 2. The molecule has 3 rings (SSSR count). The maximum Gasteiger partial charge on any atom is 0.338 e. The molecule has 1 saturated carbocycles. The number of rotatable bonds is 8. The number of methoxy groups -OCH3 is 1. The summed E-state index contributed by atoms with van der Waals surface area (Å²) in [6, 6.07) is 11.0. The van der Waals surface area contributed by atoms with Gasteiger partial charge in [-0.1, -0.05) is 32.1 Å². The Bertz CT molecular complexity index is 913. The van der Waals surface area contributed by atoms with E-state index in [2.05, 4.69) is 43.4 Å². The number of hydrogen-bond acceptors (Lipinski definition) is 3. The molecule has 0 atom stereocenters. The largest absolute Gasteiger partial charge is 0.496 e. The van der Waals surface area contributed by atoms with Crippen LogP contribution < -0.4 is 10.1 Å². The average molecular weight is 426 g/mol. The van der Waals surface area contributed by atoms with E-state index in [1.165, 1.54) is 50.5 Å². The van der Waals surface area contributed by atoms with Crippen LogP contribution in [0.2, 0.25) is 0 Å². The molecule has 0 saturated heterocycles. The predicted molar refractivity (Wildman–Crippen MR) is 122 cm³/mol. The van der Waals surface area contributed by atoms with Crippen molar-refractivity contribution >= 4 is 11.7 Å². The Balaban J connectivity index is 1.55. The first-order chi connectivity index (χ1) is 14.9. The summed E-state index contributed by atoms with van der Waals surface area (Å²) in [6.45, 7) is 4.66. The van der Waals surface area contributed by atoms with Crippen LogP contribution in [0, 0.1) is 17.7 Å². The van der Waals surface area contributed by atoms with Crippen molar-refractivity contribution in [3.8, 4) is 5.75 Å². The molecule has 0 spiro atoms. The quantitative estimate of drug-likeness (QED) is 0.498. The van der Waals surface area contributed by atoms with Gasteiger partial charge in [0.2, 0.25) is 0 Å². The SMILES string of the molecule is COc1cc(C(=O)O)c(F)cc1C/C=C\Nc1ccc(C2CCC(C(C)C)CC2)cc1. The first kappa shape index (κ1) is 22.9. The third-order valence-electron chi connectivity index (χ3n) is 6.40. The van der Waals surface area contributed by atoms with Crippen molar-refractivity contribution in [2.45, 2.75) is 51.9 Å². The number of allylic oxidation sites excluding steroid dienone is 1. The van der Waals surface area contributed by atoms with E-state index in [0.717, 1.165) is 17.5 Å². The normalized spacial score (nSPS) is 19.0. The van der Waals surface area contributed by atoms with Gasteiger partial charge in [0.15, 0.2) is 0 Å². The van der Waals surface area contributed by atoms with Crippen LogP contribution in [0.1, 0.15) is 66.9 Å². The summed E-state index contributed by atoms with van der Waals surface area (Å²) >= 11 is 0. The minimum absolute atomic E-state index is 0.361. The molecular weight excluding hydrogens is 393 g/mol. The molecule has 2 aromatic carbocycles. The van der Waals surface area contributed by atoms with Crippen molar-refractivity contribution in [1.82, 2.24) is 0 Å². The fourth-order valence-corrected chi connectivity index (χ4v) is 4.42. The van der Waals surface area contributed by atoms with Gasteiger partial charge in [-0.25, -0.2) is 9.18 Å². The molecule has 0 bridgehead atoms. The van der Waals surface area contributed by atoms with E-state index < -0.39 is 11.8 Å². The first-order valence-corrected chi connectivity index (χ1v) is 11.0. The molecule has 2 N–H and O–H groups in total. The van der Waals surface area contributed by atoms with Crippen molar-refractivity contribution in [2.75, 3.05) is 12.4 Å². The zero-order chi connectivity index (χ0) is 22.4. The summed E-state index contributed by atoms with van der Waals surface area (Å²) in [7, 11) is 1.45. The van der Waals surface area contributed by atoms with Gasteiger partial charge in [-0.05, 0) is 85.9 Å². The van der Waals surface area contributed by atoms with E-state index in [1.807, 2.05) is 12.3 Å². The molecule has 31 heavy (non-hydrogen) atoms. The van der Waals surface area contributed by atoms with E-state index in [4.69, 9.17) is 9.84 Å². The van der Waals surface area contributed by atoms with Gasteiger partial charge in [-0.15, -0.1) is 0 Å². The maximum atomic E-state index is 14.0. The third-order valence-corrected chi connectivity index (χ3v) is 6.40. The Labute approximate surface area is 184 Å². The number of carbonyl (C=O) groups is 1. The zero-order valence-electron chi connectivity index (χ0n) is 18.5. The fourth-order valence-electron chi connectivity index (χ4n) is 4.42. The Kier molecular flexibility index (Phi) is 7.72. The van der Waals surface area contributed by atoms with Crippen LogP contribution in [0.25, 0.3) is 0 Å². The van der Waals surface area contributed by atoms with Crippen LogP contribution >= 0.6 is 0 Å². The molecule has 1 aliphatic carbocycles. The monoisotopic (exact) mass is 425 g/mol. The van der Waals surface area contributed by atoms with E-state index in [0.29, 0.717) is 23.7 Å². The van der Waals surface area contributed by atoms with Crippen LogP contribution in [-0.2, 0) is 6.42 Å². The number of anilines is 1. The number of ether oxygens (including phenoxy) is 1. The van der Waals surface area contributed by atoms with E-state index in [-0.39, 0.29) is 5.56 Å². The maximum absolute atomic E-state index is 14.0. The van der Waals surface area contributed by atoms with E-state index in [9.17, 15) is 9.18 Å². The Morgan fingerprint density at radius 1 is 1.19 bits per heavy atom. The number of benzene rings is 2. The number of halogens is 1. The topological polar surface area (TPSA) is 58.6 Å². The standard InChI is InChI=1S/C26H32FNO3/c1-17(2)18-6-8-19(9-7-18)20-10-12-22(13-11-20)28-14-4-5-21-15-24(27)23(26(29)30)16-25(21)31-3/h4,10-19,28H,5-9H2,1-3H3,(H,29,30)/b14-4-. The van der Waals surface area contributed by atoms with Crippen LogP contribution in [0.5, 0.6) is 5.75 Å². The lowest BCUT2D eigenvalue weighted by molar-refractivity contribution is 0.0691. The van der Waals surface area contributed by atoms with Gasteiger partial charge in [0, 0.05) is 11.3 Å². The fraction of sp³-hybridized carbons (Fsp3) is 0.423. The molecule has 5 heteroatoms. The van der Waals surface area contributed by atoms with Crippen molar-refractivity contribution < 1.29 is 19.0 Å². The van der Waals surface area contributed by atoms with Crippen molar-refractivity contribution in [3.05, 3.63) is 71.2 Å². The van der Waals surface area contributed by atoms with Crippen LogP contribution in [0.15, 0.2) is 48.7 Å². The molecule has 2 aromatic rings. The predicted octanol–water partition coefficient (Wildman–Crippen LogP) is 6.63. The van der Waals surface area contributed by atoms with Gasteiger partial charge in [0.05, 0.1) is 12.7 Å². The second-order valence-electron chi connectivity index (χ2n) is 8.68. The highest BCUT2D eigenvalue weighted by Crippen LogP contribution is 2.38. The van der Waals surface area contributed by atoms with Crippen LogP contribution in [0.3, 0.4) is 0 Å². The van der Waals surface area contributed by atoms with Gasteiger partial charge < -0.3 is 15.2 Å². The molecule has 0 aromatic heterocycles. The Morgan fingerprint density at radius 3 is 2.45 bits per heavy atom. The number of aromatic carboxylic acids is 1. The Morgan fingerprint density at radius 2 is 1.87 bits per heavy atom. The summed E-state index contributed by atoms with van der Waals surface area (Å²) in [6.07, 6.45) is 9.28. The van der Waals surface area contributed by atoms with Gasteiger partial charge in [-0.3, -0.25) is 0 Å². The Hall–Kier alpha value is -2.82. The molecule has 0 unspecified atom stereocenters. The highest BCUT2D eigenvalue weighted by atomic mass is 19.1. The van der Waals surface area contributed by atoms with Crippen molar-refractivity contribution in [2.24, 2.45) is 11.8 Å². The molecule has 1 aliphatic rings. The number of carboxylic acids is 1. The molecule has 0 amide bonds. The molecule has 4 nitrogen and oxygen atoms in total. The summed E-state index contributed by atoms with van der Waals surface area (Å²) < 4.78 is 19.2. The second-order valence-corrected chi connectivity index (χ2v) is 8.68. The van der Waals surface area contributed by atoms with E-state index >= 15 is 0 Å². The van der Waals surface area contributed by atoms with Crippen LogP contribution in [-0.4, -0.2) is 18.2 Å². The summed E-state index contributed by atoms with van der Waals surface area (Å²) in [5.41, 5.74) is 2.61. The molecule has 166 valence electrons. The van der Waals surface area contributed by atoms with Gasteiger partial charge in [0.1, 0.15) is 11.6 Å². The van der Waals surface area contributed by atoms with Gasteiger partial charge in [0.25, 0.3) is 0 Å². The van der Waals surface area contributed by atoms with Crippen molar-refractivity contribution in [1.29, 1.82) is 0 Å². The molecule has 0 radical (unpaired) electrons. The van der Waals surface area contributed by atoms with Gasteiger partial charge in [-0.2, -0.15) is 0 Å². The molecular formula is C26H32FNO3. The highest BCUT2D eigenvalue weighted by molar-refractivity contribution is 5.88. The number of carboxylic acid groups (broad SMARTS) is 1. The minimum atomic E-state index is -1.31. The lowest BCUT2D eigenvalue weighted by Gasteiger charge is -2.31. The lowest BCUT2D eigenvalue weighted by Crippen LogP contribution is -2.17.